The number of carboxylic acids is 1. The third-order valence-corrected chi connectivity index (χ3v) is 2.52. The van der Waals surface area contributed by atoms with Crippen molar-refractivity contribution in [1.82, 2.24) is 0 Å². The second-order valence-electron chi connectivity index (χ2n) is 2.72. The van der Waals surface area contributed by atoms with Crippen LogP contribution >= 0.6 is 11.9 Å². The minimum Gasteiger partial charge on any atom is -0.545 e. The van der Waals surface area contributed by atoms with E-state index in [0.29, 0.717) is 6.42 Å². The van der Waals surface area contributed by atoms with Gasteiger partial charge in [-0.2, -0.15) is 0 Å². The predicted molar refractivity (Wildman–Crippen MR) is 47.5 cm³/mol. The molecule has 0 spiro atoms. The molecule has 1 unspecified atom stereocenters. The summed E-state index contributed by atoms with van der Waals surface area (Å²) < 4.78 is 0.836. The van der Waals surface area contributed by atoms with Crippen molar-refractivity contribution in [2.45, 2.75) is 18.9 Å². The van der Waals surface area contributed by atoms with E-state index in [2.05, 4.69) is 6.58 Å². The average Bonchev–Trinajstić information content (AvgIpc) is 2.47. The van der Waals surface area contributed by atoms with Crippen molar-refractivity contribution in [3.63, 3.8) is 0 Å². The van der Waals surface area contributed by atoms with Crippen LogP contribution in [0.3, 0.4) is 0 Å². The van der Waals surface area contributed by atoms with E-state index in [-0.39, 0.29) is 18.0 Å². The van der Waals surface area contributed by atoms with E-state index >= 15 is 0 Å². The Labute approximate surface area is 80.0 Å². The van der Waals surface area contributed by atoms with Crippen LogP contribution < -0.4 is 5.11 Å². The molecule has 1 heterocycles. The SMILES string of the molecule is C=C(CCC1C=CS[N+]1=O)C(=O)[O-]. The Hall–Kier alpha value is -1.10. The minimum absolute atomic E-state index is 0.0405. The summed E-state index contributed by atoms with van der Waals surface area (Å²) in [6.07, 6.45) is 2.51. The van der Waals surface area contributed by atoms with Crippen LogP contribution in [0.2, 0.25) is 0 Å². The number of nitroso groups, excluding NO2 is 1. The number of hydrogen-bond donors (Lipinski definition) is 0. The van der Waals surface area contributed by atoms with Gasteiger partial charge in [-0.05, 0) is 12.0 Å². The van der Waals surface area contributed by atoms with Gasteiger partial charge in [-0.1, -0.05) is 6.58 Å². The molecule has 0 aromatic heterocycles. The maximum Gasteiger partial charge on any atom is 0.243 e. The highest BCUT2D eigenvalue weighted by Crippen LogP contribution is 2.22. The summed E-state index contributed by atoms with van der Waals surface area (Å²) in [4.78, 5) is 21.2. The van der Waals surface area contributed by atoms with Gasteiger partial charge in [0, 0.05) is 22.8 Å². The lowest BCUT2D eigenvalue weighted by Gasteiger charge is -2.04. The number of aliphatic carboxylic acids is 1. The molecule has 0 aromatic rings. The molecule has 1 atom stereocenters. The smallest absolute Gasteiger partial charge is 0.243 e. The number of carbonyl (C=O) groups is 1. The molecule has 13 heavy (non-hydrogen) atoms. The maximum atomic E-state index is 11.0. The van der Waals surface area contributed by atoms with Crippen LogP contribution in [0.5, 0.6) is 0 Å². The maximum absolute atomic E-state index is 11.0. The van der Waals surface area contributed by atoms with Crippen LogP contribution in [0, 0.1) is 4.91 Å². The molecule has 1 aliphatic rings. The predicted octanol–water partition coefficient (Wildman–Crippen LogP) is 0.396. The number of carbonyl (C=O) groups excluding carboxylic acids is 1. The van der Waals surface area contributed by atoms with Crippen molar-refractivity contribution < 1.29 is 14.1 Å². The van der Waals surface area contributed by atoms with E-state index in [0.717, 1.165) is 16.1 Å². The van der Waals surface area contributed by atoms with Gasteiger partial charge in [0.25, 0.3) is 0 Å². The highest BCUT2D eigenvalue weighted by Gasteiger charge is 2.28. The number of nitrogens with zero attached hydrogens (tertiary/aromatic N) is 1. The molecule has 1 rings (SSSR count). The molecular weight excluding hydrogens is 190 g/mol. The molecule has 0 aromatic carbocycles. The minimum atomic E-state index is -1.24. The van der Waals surface area contributed by atoms with Crippen LogP contribution in [-0.4, -0.2) is 16.2 Å². The summed E-state index contributed by atoms with van der Waals surface area (Å²) in [6.45, 7) is 3.33. The Morgan fingerprint density at radius 1 is 1.69 bits per heavy atom. The van der Waals surface area contributed by atoms with Gasteiger partial charge in [0.15, 0.2) is 0 Å². The summed E-state index contributed by atoms with van der Waals surface area (Å²) in [6, 6.07) is -0.235. The quantitative estimate of drug-likeness (QED) is 0.373. The fraction of sp³-hybridized carbons (Fsp3) is 0.375. The molecule has 0 saturated carbocycles. The fourth-order valence-electron chi connectivity index (χ4n) is 0.960. The van der Waals surface area contributed by atoms with E-state index in [1.165, 1.54) is 0 Å². The third-order valence-electron chi connectivity index (χ3n) is 1.77. The first kappa shape index (κ1) is 9.98. The second kappa shape index (κ2) is 4.23. The standard InChI is InChI=1S/C8H9NO3S/c1-6(8(10)11)2-3-7-4-5-13-9(7)12/h4-5,7H,1-3H2. The summed E-state index contributed by atoms with van der Waals surface area (Å²) in [5.41, 5.74) is 0.0405. The normalized spacial score (nSPS) is 20.6. The lowest BCUT2D eigenvalue weighted by Crippen LogP contribution is -2.24. The third kappa shape index (κ3) is 2.69. The van der Waals surface area contributed by atoms with Gasteiger partial charge in [-0.15, -0.1) is 0 Å². The molecule has 0 N–H and O–H groups in total. The number of hydrogen-bond acceptors (Lipinski definition) is 4. The molecule has 0 radical (unpaired) electrons. The van der Waals surface area contributed by atoms with Gasteiger partial charge >= 0.3 is 0 Å². The van der Waals surface area contributed by atoms with Gasteiger partial charge in [0.05, 0.1) is 10.1 Å². The largest absolute Gasteiger partial charge is 0.545 e. The average molecular weight is 199 g/mol. The van der Waals surface area contributed by atoms with Crippen molar-refractivity contribution in [2.75, 3.05) is 0 Å². The van der Waals surface area contributed by atoms with Gasteiger partial charge in [0.2, 0.25) is 18.0 Å². The van der Waals surface area contributed by atoms with Crippen molar-refractivity contribution in [2.24, 2.45) is 0 Å². The van der Waals surface area contributed by atoms with Gasteiger partial charge in [-0.25, -0.2) is 0 Å². The fourth-order valence-corrected chi connectivity index (χ4v) is 1.66. The van der Waals surface area contributed by atoms with Crippen molar-refractivity contribution >= 4 is 17.9 Å². The van der Waals surface area contributed by atoms with Crippen molar-refractivity contribution in [1.29, 1.82) is 0 Å². The van der Waals surface area contributed by atoms with E-state index in [9.17, 15) is 14.8 Å². The van der Waals surface area contributed by atoms with E-state index in [1.807, 2.05) is 0 Å². The zero-order chi connectivity index (χ0) is 9.84. The topological polar surface area (TPSA) is 60.2 Å². The summed E-state index contributed by atoms with van der Waals surface area (Å²) in [7, 11) is 0. The monoisotopic (exact) mass is 199 g/mol. The van der Waals surface area contributed by atoms with Crippen LogP contribution in [-0.2, 0) is 4.79 Å². The van der Waals surface area contributed by atoms with Crippen LogP contribution in [0.4, 0.5) is 0 Å². The lowest BCUT2D eigenvalue weighted by atomic mass is 10.1. The van der Waals surface area contributed by atoms with Crippen LogP contribution in [0.15, 0.2) is 23.6 Å². The Morgan fingerprint density at radius 2 is 2.38 bits per heavy atom. The van der Waals surface area contributed by atoms with Crippen LogP contribution in [0.1, 0.15) is 12.8 Å². The first-order chi connectivity index (χ1) is 6.11. The van der Waals surface area contributed by atoms with Crippen molar-refractivity contribution in [3.8, 4) is 0 Å². The van der Waals surface area contributed by atoms with Gasteiger partial charge in [-0.3, -0.25) is 0 Å². The highest BCUT2D eigenvalue weighted by atomic mass is 32.2. The van der Waals surface area contributed by atoms with Gasteiger partial charge < -0.3 is 9.90 Å². The van der Waals surface area contributed by atoms with E-state index in [4.69, 9.17) is 0 Å². The first-order valence-electron chi connectivity index (χ1n) is 3.80. The van der Waals surface area contributed by atoms with Gasteiger partial charge in [0.1, 0.15) is 0 Å². The number of rotatable bonds is 4. The van der Waals surface area contributed by atoms with E-state index < -0.39 is 5.97 Å². The molecule has 0 saturated heterocycles. The molecule has 70 valence electrons. The second-order valence-corrected chi connectivity index (χ2v) is 3.56. The Morgan fingerprint density at radius 3 is 2.85 bits per heavy atom. The zero-order valence-electron chi connectivity index (χ0n) is 6.93. The molecule has 0 amide bonds. The van der Waals surface area contributed by atoms with E-state index in [1.54, 1.807) is 11.5 Å². The Bertz CT molecular complexity index is 285. The molecule has 0 fully saturated rings. The first-order valence-corrected chi connectivity index (χ1v) is 4.64. The summed E-state index contributed by atoms with van der Waals surface area (Å²) in [5, 5.41) is 12.0. The molecule has 5 heteroatoms. The molecule has 1 aliphatic heterocycles. The Balaban J connectivity index is 2.34. The molecule has 0 aliphatic carbocycles. The van der Waals surface area contributed by atoms with Crippen molar-refractivity contribution in [3.05, 3.63) is 28.5 Å². The number of carboxylic acid groups (broad SMARTS) is 1. The highest BCUT2D eigenvalue weighted by molar-refractivity contribution is 7.96. The molecular formula is C8H9NO3S. The summed E-state index contributed by atoms with van der Waals surface area (Å²) in [5.74, 6) is -1.24. The molecule has 4 nitrogen and oxygen atoms in total. The Kier molecular flexibility index (Phi) is 3.25. The zero-order valence-corrected chi connectivity index (χ0v) is 7.75. The lowest BCUT2D eigenvalue weighted by molar-refractivity contribution is -0.401. The molecule has 0 bridgehead atoms. The van der Waals surface area contributed by atoms with Crippen LogP contribution in [0.25, 0.3) is 0 Å². The summed E-state index contributed by atoms with van der Waals surface area (Å²) >= 11 is 1.07.